The molecule has 1 amide bonds. The molecule has 0 saturated carbocycles. The third-order valence-corrected chi connectivity index (χ3v) is 3.53. The predicted molar refractivity (Wildman–Crippen MR) is 79.0 cm³/mol. The van der Waals surface area contributed by atoms with E-state index in [9.17, 15) is 23.3 Å². The minimum absolute atomic E-state index is 0.0648. The summed E-state index contributed by atoms with van der Waals surface area (Å²) in [6.07, 6.45) is -0.912. The normalized spacial score (nSPS) is 10.8. The molecular weight excluding hydrogens is 328 g/mol. The van der Waals surface area contributed by atoms with Gasteiger partial charge in [-0.2, -0.15) is 8.42 Å². The average molecular weight is 338 g/mol. The van der Waals surface area contributed by atoms with Gasteiger partial charge in [-0.3, -0.25) is 20.0 Å². The van der Waals surface area contributed by atoms with E-state index in [4.69, 9.17) is 9.29 Å². The first-order valence-corrected chi connectivity index (χ1v) is 7.51. The zero-order valence-electron chi connectivity index (χ0n) is 11.4. The predicted octanol–water partition coefficient (Wildman–Crippen LogP) is 2.45. The van der Waals surface area contributed by atoms with E-state index >= 15 is 0 Å². The fraction of sp³-hybridized carbons (Fsp3) is 0. The molecule has 2 aromatic rings. The highest BCUT2D eigenvalue weighted by atomic mass is 32.2. The Kier molecular flexibility index (Phi) is 4.57. The Hall–Kier alpha value is -2.98. The van der Waals surface area contributed by atoms with Crippen molar-refractivity contribution in [1.82, 2.24) is 0 Å². The molecule has 0 atom stereocenters. The van der Waals surface area contributed by atoms with E-state index in [-0.39, 0.29) is 11.4 Å². The van der Waals surface area contributed by atoms with Crippen LogP contribution in [0.5, 0.6) is 5.75 Å². The lowest BCUT2D eigenvalue weighted by atomic mass is 10.3. The molecule has 0 saturated heterocycles. The summed E-state index contributed by atoms with van der Waals surface area (Å²) in [5, 5.41) is 13.1. The fourth-order valence-corrected chi connectivity index (χ4v) is 2.33. The number of hydrogen-bond acceptors (Lipinski definition) is 6. The summed E-state index contributed by atoms with van der Waals surface area (Å²) in [5.41, 5.74) is -0.935. The standard InChI is InChI=1S/C13H10N2O7S/c16-13(22-10-4-2-1-3-5-10)14-9-6-7-12(23(19,20)21)11(8-9)15(17)18/h1-8H,(H,14,16)(H,19,20,21). The molecule has 120 valence electrons. The number of nitro groups is 1. The first-order chi connectivity index (χ1) is 10.8. The van der Waals surface area contributed by atoms with Crippen molar-refractivity contribution in [3.05, 3.63) is 58.6 Å². The van der Waals surface area contributed by atoms with E-state index < -0.39 is 31.7 Å². The molecular formula is C13H10N2O7S. The van der Waals surface area contributed by atoms with Crippen molar-refractivity contribution in [3.63, 3.8) is 0 Å². The number of carbonyl (C=O) groups excluding carboxylic acids is 1. The quantitative estimate of drug-likeness (QED) is 0.496. The van der Waals surface area contributed by atoms with Gasteiger partial charge in [-0.25, -0.2) is 4.79 Å². The summed E-state index contributed by atoms with van der Waals surface area (Å²) in [6, 6.07) is 10.8. The SMILES string of the molecule is O=C(Nc1ccc(S(=O)(=O)O)c([N+](=O)[O-])c1)Oc1ccccc1. The summed E-state index contributed by atoms with van der Waals surface area (Å²) in [6.45, 7) is 0. The number of nitrogens with zero attached hydrogens (tertiary/aromatic N) is 1. The lowest BCUT2D eigenvalue weighted by molar-refractivity contribution is -0.387. The topological polar surface area (TPSA) is 136 Å². The van der Waals surface area contributed by atoms with E-state index in [1.807, 2.05) is 0 Å². The third kappa shape index (κ3) is 4.25. The highest BCUT2D eigenvalue weighted by Gasteiger charge is 2.24. The highest BCUT2D eigenvalue weighted by molar-refractivity contribution is 7.86. The number of nitro benzene ring substituents is 1. The molecule has 10 heteroatoms. The smallest absolute Gasteiger partial charge is 0.410 e. The van der Waals surface area contributed by atoms with Gasteiger partial charge in [-0.15, -0.1) is 0 Å². The highest BCUT2D eigenvalue weighted by Crippen LogP contribution is 2.27. The molecule has 2 N–H and O–H groups in total. The van der Waals surface area contributed by atoms with Crippen molar-refractivity contribution < 1.29 is 27.4 Å². The molecule has 0 radical (unpaired) electrons. The number of para-hydroxylation sites is 1. The first-order valence-electron chi connectivity index (χ1n) is 6.07. The third-order valence-electron chi connectivity index (χ3n) is 2.63. The van der Waals surface area contributed by atoms with Gasteiger partial charge >= 0.3 is 16.2 Å². The zero-order chi connectivity index (χ0) is 17.0. The molecule has 0 bridgehead atoms. The maximum absolute atomic E-state index is 11.7. The number of carbonyl (C=O) groups is 1. The number of benzene rings is 2. The van der Waals surface area contributed by atoms with E-state index in [2.05, 4.69) is 5.32 Å². The van der Waals surface area contributed by atoms with Crippen molar-refractivity contribution in [3.8, 4) is 5.75 Å². The maximum Gasteiger partial charge on any atom is 0.417 e. The fourth-order valence-electron chi connectivity index (χ4n) is 1.69. The Morgan fingerprint density at radius 2 is 1.83 bits per heavy atom. The van der Waals surface area contributed by atoms with E-state index in [0.29, 0.717) is 0 Å². The minimum Gasteiger partial charge on any atom is -0.410 e. The Morgan fingerprint density at radius 1 is 1.17 bits per heavy atom. The van der Waals surface area contributed by atoms with Gasteiger partial charge in [-0.05, 0) is 24.3 Å². The molecule has 0 unspecified atom stereocenters. The van der Waals surface area contributed by atoms with Gasteiger partial charge in [0, 0.05) is 6.07 Å². The maximum atomic E-state index is 11.7. The molecule has 0 fully saturated rings. The molecule has 2 aromatic carbocycles. The van der Waals surface area contributed by atoms with Crippen LogP contribution in [0.2, 0.25) is 0 Å². The molecule has 2 rings (SSSR count). The molecule has 0 spiro atoms. The second kappa shape index (κ2) is 6.42. The van der Waals surface area contributed by atoms with Crippen LogP contribution >= 0.6 is 0 Å². The average Bonchev–Trinajstić information content (AvgIpc) is 2.46. The summed E-state index contributed by atoms with van der Waals surface area (Å²) >= 11 is 0. The van der Waals surface area contributed by atoms with Gasteiger partial charge in [0.1, 0.15) is 5.75 Å². The van der Waals surface area contributed by atoms with Crippen LogP contribution in [0.4, 0.5) is 16.2 Å². The number of hydrogen-bond donors (Lipinski definition) is 2. The van der Waals surface area contributed by atoms with Gasteiger partial charge in [0.05, 0.1) is 10.6 Å². The molecule has 9 nitrogen and oxygen atoms in total. The van der Waals surface area contributed by atoms with Gasteiger partial charge in [0.2, 0.25) is 0 Å². The molecule has 0 aliphatic rings. The van der Waals surface area contributed by atoms with Crippen LogP contribution in [-0.4, -0.2) is 24.0 Å². The molecule has 23 heavy (non-hydrogen) atoms. The number of anilines is 1. The van der Waals surface area contributed by atoms with Crippen LogP contribution in [0.1, 0.15) is 0 Å². The number of amides is 1. The second-order valence-corrected chi connectivity index (χ2v) is 5.63. The van der Waals surface area contributed by atoms with Crippen molar-refractivity contribution in [2.75, 3.05) is 5.32 Å². The summed E-state index contributed by atoms with van der Waals surface area (Å²) in [7, 11) is -4.76. The van der Waals surface area contributed by atoms with Crippen LogP contribution in [0, 0.1) is 10.1 Å². The van der Waals surface area contributed by atoms with Crippen molar-refractivity contribution in [1.29, 1.82) is 0 Å². The Balaban J connectivity index is 2.22. The first kappa shape index (κ1) is 16.4. The monoisotopic (exact) mass is 338 g/mol. The van der Waals surface area contributed by atoms with Crippen LogP contribution in [0.3, 0.4) is 0 Å². The summed E-state index contributed by atoms with van der Waals surface area (Å²) < 4.78 is 36.0. The Bertz CT molecular complexity index is 850. The summed E-state index contributed by atoms with van der Waals surface area (Å²) in [5.74, 6) is 0.258. The molecule has 0 heterocycles. The van der Waals surface area contributed by atoms with Gasteiger partial charge in [-0.1, -0.05) is 18.2 Å². The van der Waals surface area contributed by atoms with Gasteiger partial charge in [0.15, 0.2) is 4.90 Å². The van der Waals surface area contributed by atoms with Crippen LogP contribution in [0.15, 0.2) is 53.4 Å². The second-order valence-electron chi connectivity index (χ2n) is 4.24. The van der Waals surface area contributed by atoms with Crippen LogP contribution < -0.4 is 10.1 Å². The zero-order valence-corrected chi connectivity index (χ0v) is 12.2. The Labute approximate surface area is 130 Å². The van der Waals surface area contributed by atoms with Crippen LogP contribution in [-0.2, 0) is 10.1 Å². The van der Waals surface area contributed by atoms with E-state index in [1.54, 1.807) is 18.2 Å². The minimum atomic E-state index is -4.76. The molecule has 0 aromatic heterocycles. The molecule has 0 aliphatic carbocycles. The lowest BCUT2D eigenvalue weighted by Crippen LogP contribution is -2.17. The van der Waals surface area contributed by atoms with E-state index in [1.165, 1.54) is 12.1 Å². The van der Waals surface area contributed by atoms with Crippen molar-refractivity contribution in [2.45, 2.75) is 4.90 Å². The number of ether oxygens (including phenoxy) is 1. The summed E-state index contributed by atoms with van der Waals surface area (Å²) in [4.78, 5) is 20.7. The van der Waals surface area contributed by atoms with Crippen LogP contribution in [0.25, 0.3) is 0 Å². The van der Waals surface area contributed by atoms with Crippen molar-refractivity contribution >= 4 is 27.6 Å². The van der Waals surface area contributed by atoms with Gasteiger partial charge in [0.25, 0.3) is 5.69 Å². The largest absolute Gasteiger partial charge is 0.417 e. The number of nitrogens with one attached hydrogen (secondary N) is 1. The van der Waals surface area contributed by atoms with E-state index in [0.717, 1.165) is 18.2 Å². The van der Waals surface area contributed by atoms with Gasteiger partial charge < -0.3 is 4.74 Å². The number of rotatable bonds is 4. The molecule has 0 aliphatic heterocycles. The Morgan fingerprint density at radius 3 is 2.39 bits per heavy atom. The lowest BCUT2D eigenvalue weighted by Gasteiger charge is -2.07. The van der Waals surface area contributed by atoms with Crippen molar-refractivity contribution in [2.24, 2.45) is 0 Å².